The Morgan fingerprint density at radius 1 is 0.727 bits per heavy atom. The van der Waals surface area contributed by atoms with E-state index in [9.17, 15) is 4.79 Å². The van der Waals surface area contributed by atoms with Gasteiger partial charge in [0.2, 0.25) is 5.91 Å². The number of nitrogens with one attached hydrogen (secondary N) is 1. The van der Waals surface area contributed by atoms with E-state index < -0.39 is 0 Å². The number of carbonyl (C=O) groups excluding carboxylic acids is 1. The first-order chi connectivity index (χ1) is 16.1. The molecule has 0 unspecified atom stereocenters. The summed E-state index contributed by atoms with van der Waals surface area (Å²) in [5.41, 5.74) is 2.11. The predicted octanol–water partition coefficient (Wildman–Crippen LogP) is 9.23. The molecule has 0 heterocycles. The summed E-state index contributed by atoms with van der Waals surface area (Å²) in [4.78, 5) is 12.2. The van der Waals surface area contributed by atoms with Crippen LogP contribution in [-0.4, -0.2) is 5.91 Å². The molecule has 0 bridgehead atoms. The van der Waals surface area contributed by atoms with E-state index in [0.29, 0.717) is 12.3 Å². The number of anilines is 1. The van der Waals surface area contributed by atoms with Gasteiger partial charge in [-0.15, -0.1) is 0 Å². The van der Waals surface area contributed by atoms with Crippen LogP contribution in [0.3, 0.4) is 0 Å². The van der Waals surface area contributed by atoms with E-state index >= 15 is 0 Å². The summed E-state index contributed by atoms with van der Waals surface area (Å²) >= 11 is 0. The Balaban J connectivity index is 2.09. The van der Waals surface area contributed by atoms with Crippen LogP contribution in [0.25, 0.3) is 0 Å². The second kappa shape index (κ2) is 19.8. The first-order valence-corrected chi connectivity index (χ1v) is 12.4. The van der Waals surface area contributed by atoms with Gasteiger partial charge in [-0.3, -0.25) is 4.79 Å². The van der Waals surface area contributed by atoms with Gasteiger partial charge in [-0.2, -0.15) is 0 Å². The lowest BCUT2D eigenvalue weighted by molar-refractivity contribution is -0.116. The zero-order valence-electron chi connectivity index (χ0n) is 20.9. The fourth-order valence-corrected chi connectivity index (χ4v) is 3.18. The standard InChI is InChI=1S/C31H43NO/c1-4-5-6-7-8-9-10-11-12-13-14-15-16-17-18-19-20-21-22-27-31(33)32-30-26-24-23-25-29(30)28(2)3/h5-6,8-9,11-12,14-15,17-18,20-21,23-26,28H,4,7,10,13,16,19,22,27H2,1-3H3,(H,32,33)/b6-5-,9-8-,12-11-,15-14-,18-17-,21-20-. The topological polar surface area (TPSA) is 29.1 Å². The Hall–Kier alpha value is -2.87. The van der Waals surface area contributed by atoms with Crippen molar-refractivity contribution in [3.8, 4) is 0 Å². The molecule has 0 aliphatic heterocycles. The molecule has 178 valence electrons. The molecule has 0 aliphatic carbocycles. The zero-order valence-corrected chi connectivity index (χ0v) is 20.9. The molecule has 0 aliphatic rings. The molecule has 2 heteroatoms. The average Bonchev–Trinajstić information content (AvgIpc) is 2.80. The predicted molar refractivity (Wildman–Crippen MR) is 147 cm³/mol. The van der Waals surface area contributed by atoms with Gasteiger partial charge >= 0.3 is 0 Å². The summed E-state index contributed by atoms with van der Waals surface area (Å²) in [6.45, 7) is 6.44. The van der Waals surface area contributed by atoms with Crippen molar-refractivity contribution >= 4 is 11.6 Å². The maximum atomic E-state index is 12.2. The van der Waals surface area contributed by atoms with Gasteiger partial charge in [-0.05, 0) is 62.5 Å². The van der Waals surface area contributed by atoms with E-state index in [1.807, 2.05) is 18.2 Å². The van der Waals surface area contributed by atoms with E-state index in [0.717, 1.165) is 50.6 Å². The Labute approximate surface area is 202 Å². The third kappa shape index (κ3) is 15.6. The van der Waals surface area contributed by atoms with Crippen LogP contribution in [0.5, 0.6) is 0 Å². The Kier molecular flexibility index (Phi) is 16.9. The fourth-order valence-electron chi connectivity index (χ4n) is 3.18. The van der Waals surface area contributed by atoms with Crippen LogP contribution in [0.4, 0.5) is 5.69 Å². The van der Waals surface area contributed by atoms with Crippen LogP contribution in [0.2, 0.25) is 0 Å². The minimum absolute atomic E-state index is 0.0719. The highest BCUT2D eigenvalue weighted by Crippen LogP contribution is 2.23. The highest BCUT2D eigenvalue weighted by atomic mass is 16.1. The number of benzene rings is 1. The quantitative estimate of drug-likeness (QED) is 0.252. The van der Waals surface area contributed by atoms with Crippen LogP contribution in [0.1, 0.15) is 83.6 Å². The molecule has 1 aromatic rings. The zero-order chi connectivity index (χ0) is 24.0. The maximum absolute atomic E-state index is 12.2. The van der Waals surface area contributed by atoms with Crippen molar-refractivity contribution in [2.75, 3.05) is 5.32 Å². The van der Waals surface area contributed by atoms with Crippen LogP contribution < -0.4 is 5.32 Å². The van der Waals surface area contributed by atoms with E-state index in [2.05, 4.69) is 105 Å². The monoisotopic (exact) mass is 445 g/mol. The van der Waals surface area contributed by atoms with Crippen molar-refractivity contribution in [2.45, 2.75) is 78.1 Å². The summed E-state index contributed by atoms with van der Waals surface area (Å²) in [6.07, 6.45) is 33.5. The molecule has 0 saturated heterocycles. The molecule has 0 spiro atoms. The average molecular weight is 446 g/mol. The summed E-state index contributed by atoms with van der Waals surface area (Å²) in [5.74, 6) is 0.465. The Morgan fingerprint density at radius 3 is 1.67 bits per heavy atom. The molecule has 1 rings (SSSR count). The number of allylic oxidation sites excluding steroid dienone is 12. The third-order valence-corrected chi connectivity index (χ3v) is 4.99. The van der Waals surface area contributed by atoms with Gasteiger partial charge in [0.25, 0.3) is 0 Å². The number of para-hydroxylation sites is 1. The van der Waals surface area contributed by atoms with E-state index in [4.69, 9.17) is 0 Å². The molecular formula is C31H43NO. The lowest BCUT2D eigenvalue weighted by Gasteiger charge is -2.13. The van der Waals surface area contributed by atoms with Gasteiger partial charge in [0.05, 0.1) is 0 Å². The molecule has 1 N–H and O–H groups in total. The number of amides is 1. The van der Waals surface area contributed by atoms with E-state index in [-0.39, 0.29) is 5.91 Å². The fraction of sp³-hybridized carbons (Fsp3) is 0.387. The molecule has 0 aromatic heterocycles. The molecule has 1 aromatic carbocycles. The Bertz CT molecular complexity index is 821. The second-order valence-electron chi connectivity index (χ2n) is 8.24. The largest absolute Gasteiger partial charge is 0.326 e. The Morgan fingerprint density at radius 2 is 1.18 bits per heavy atom. The van der Waals surface area contributed by atoms with Crippen LogP contribution in [0.15, 0.2) is 97.2 Å². The van der Waals surface area contributed by atoms with Gasteiger partial charge in [0.15, 0.2) is 0 Å². The van der Waals surface area contributed by atoms with Crippen molar-refractivity contribution in [1.29, 1.82) is 0 Å². The van der Waals surface area contributed by atoms with Crippen molar-refractivity contribution in [3.63, 3.8) is 0 Å². The summed E-state index contributed by atoms with van der Waals surface area (Å²) in [7, 11) is 0. The SMILES string of the molecule is CC/C=C\C/C=C\C/C=C\C/C=C\C/C=C\C/C=C\CCC(=O)Nc1ccccc1C(C)C. The van der Waals surface area contributed by atoms with Crippen LogP contribution in [0, 0.1) is 0 Å². The number of hydrogen-bond acceptors (Lipinski definition) is 1. The molecule has 2 nitrogen and oxygen atoms in total. The molecule has 33 heavy (non-hydrogen) atoms. The van der Waals surface area contributed by atoms with Crippen LogP contribution >= 0.6 is 0 Å². The van der Waals surface area contributed by atoms with Gasteiger partial charge in [-0.1, -0.05) is 112 Å². The summed E-state index contributed by atoms with van der Waals surface area (Å²) in [5, 5.41) is 3.05. The van der Waals surface area contributed by atoms with Gasteiger partial charge < -0.3 is 5.32 Å². The molecular weight excluding hydrogens is 402 g/mol. The molecule has 0 radical (unpaired) electrons. The van der Waals surface area contributed by atoms with Crippen molar-refractivity contribution in [1.82, 2.24) is 0 Å². The molecule has 0 fully saturated rings. The first kappa shape index (κ1) is 28.2. The van der Waals surface area contributed by atoms with E-state index in [1.54, 1.807) is 0 Å². The van der Waals surface area contributed by atoms with Crippen molar-refractivity contribution in [3.05, 3.63) is 103 Å². The van der Waals surface area contributed by atoms with Gasteiger partial charge in [0, 0.05) is 12.1 Å². The highest BCUT2D eigenvalue weighted by molar-refractivity contribution is 5.91. The summed E-state index contributed by atoms with van der Waals surface area (Å²) in [6, 6.07) is 8.03. The van der Waals surface area contributed by atoms with E-state index in [1.165, 1.54) is 5.56 Å². The number of hydrogen-bond donors (Lipinski definition) is 1. The number of carbonyl (C=O) groups is 1. The third-order valence-electron chi connectivity index (χ3n) is 4.99. The number of rotatable bonds is 16. The second-order valence-corrected chi connectivity index (χ2v) is 8.24. The van der Waals surface area contributed by atoms with Gasteiger partial charge in [0.1, 0.15) is 0 Å². The molecule has 1 amide bonds. The van der Waals surface area contributed by atoms with Crippen molar-refractivity contribution in [2.24, 2.45) is 0 Å². The highest BCUT2D eigenvalue weighted by Gasteiger charge is 2.08. The normalized spacial score (nSPS) is 12.7. The first-order valence-electron chi connectivity index (χ1n) is 12.4. The van der Waals surface area contributed by atoms with Crippen molar-refractivity contribution < 1.29 is 4.79 Å². The van der Waals surface area contributed by atoms with Crippen LogP contribution in [-0.2, 0) is 4.79 Å². The maximum Gasteiger partial charge on any atom is 0.224 e. The summed E-state index contributed by atoms with van der Waals surface area (Å²) < 4.78 is 0. The smallest absolute Gasteiger partial charge is 0.224 e. The lowest BCUT2D eigenvalue weighted by atomic mass is 10.0. The van der Waals surface area contributed by atoms with Gasteiger partial charge in [-0.25, -0.2) is 0 Å². The molecule has 0 saturated carbocycles. The minimum atomic E-state index is 0.0719. The molecule has 0 atom stereocenters. The lowest BCUT2D eigenvalue weighted by Crippen LogP contribution is -2.12. The minimum Gasteiger partial charge on any atom is -0.326 e.